The lowest BCUT2D eigenvalue weighted by atomic mass is 10.1. The van der Waals surface area contributed by atoms with Crippen molar-refractivity contribution >= 4 is 17.3 Å². The highest BCUT2D eigenvalue weighted by Gasteiger charge is 2.21. The Balaban J connectivity index is 2.35. The highest BCUT2D eigenvalue weighted by Crippen LogP contribution is 2.39. The summed E-state index contributed by atoms with van der Waals surface area (Å²) in [5.74, 6) is -0.875. The van der Waals surface area contributed by atoms with E-state index in [0.29, 0.717) is 5.56 Å². The van der Waals surface area contributed by atoms with Gasteiger partial charge in [-0.1, -0.05) is 36.4 Å². The zero-order valence-electron chi connectivity index (χ0n) is 9.46. The molecule has 1 N–H and O–H groups in total. The number of carboxylic acids is 1. The quantitative estimate of drug-likeness (QED) is 0.743. The molecule has 1 aromatic heterocycles. The average Bonchev–Trinajstić information content (AvgIpc) is 2.92. The molecule has 0 atom stereocenters. The zero-order valence-corrected chi connectivity index (χ0v) is 10.3. The van der Waals surface area contributed by atoms with E-state index in [4.69, 9.17) is 0 Å². The molecule has 3 rings (SSSR count). The van der Waals surface area contributed by atoms with Crippen LogP contribution in [0.5, 0.6) is 0 Å². The van der Waals surface area contributed by atoms with Gasteiger partial charge in [0, 0.05) is 10.4 Å². The van der Waals surface area contributed by atoms with E-state index in [2.05, 4.69) is 0 Å². The summed E-state index contributed by atoms with van der Waals surface area (Å²) in [6.07, 6.45) is 0. The van der Waals surface area contributed by atoms with E-state index in [1.165, 1.54) is 0 Å². The second-order valence-corrected chi connectivity index (χ2v) is 4.94. The van der Waals surface area contributed by atoms with Crippen molar-refractivity contribution in [3.05, 3.63) is 59.5 Å². The van der Waals surface area contributed by atoms with Gasteiger partial charge >= 0.3 is 5.97 Å². The summed E-state index contributed by atoms with van der Waals surface area (Å²) in [5, 5.41) is 11.4. The minimum absolute atomic E-state index is 0.392. The Bertz CT molecular complexity index is 671. The molecule has 0 saturated carbocycles. The van der Waals surface area contributed by atoms with Crippen molar-refractivity contribution in [2.75, 3.05) is 0 Å². The van der Waals surface area contributed by atoms with Crippen LogP contribution >= 0.6 is 11.3 Å². The molecular weight excluding hydrogens is 244 g/mol. The van der Waals surface area contributed by atoms with E-state index in [1.54, 1.807) is 11.3 Å². The first-order chi connectivity index (χ1) is 8.77. The summed E-state index contributed by atoms with van der Waals surface area (Å²) in [6, 6.07) is 15.3. The molecule has 0 radical (unpaired) electrons. The first-order valence-electron chi connectivity index (χ1n) is 5.56. The van der Waals surface area contributed by atoms with Gasteiger partial charge in [-0.2, -0.15) is 0 Å². The molecule has 2 aliphatic rings. The fourth-order valence-corrected chi connectivity index (χ4v) is 2.89. The van der Waals surface area contributed by atoms with Gasteiger partial charge in [-0.05, 0) is 28.6 Å². The van der Waals surface area contributed by atoms with Crippen LogP contribution in [0.15, 0.2) is 53.9 Å². The van der Waals surface area contributed by atoms with Crippen molar-refractivity contribution in [1.29, 1.82) is 0 Å². The van der Waals surface area contributed by atoms with E-state index in [1.807, 2.05) is 53.9 Å². The van der Waals surface area contributed by atoms with Crippen molar-refractivity contribution in [2.45, 2.75) is 0 Å². The van der Waals surface area contributed by atoms with E-state index in [0.717, 1.165) is 21.6 Å². The zero-order chi connectivity index (χ0) is 12.5. The van der Waals surface area contributed by atoms with Gasteiger partial charge in [0.2, 0.25) is 0 Å². The number of thiophene rings is 1. The Labute approximate surface area is 108 Å². The lowest BCUT2D eigenvalue weighted by Crippen LogP contribution is -1.97. The third-order valence-electron chi connectivity index (χ3n) is 2.91. The molecule has 0 amide bonds. The molecule has 0 aromatic carbocycles. The molecule has 88 valence electrons. The third kappa shape index (κ3) is 1.69. The highest BCUT2D eigenvalue weighted by atomic mass is 32.1. The van der Waals surface area contributed by atoms with Crippen LogP contribution in [0.25, 0.3) is 21.6 Å². The maximum Gasteiger partial charge on any atom is 0.336 e. The average molecular weight is 254 g/mol. The number of aromatic carboxylic acids is 1. The van der Waals surface area contributed by atoms with Crippen LogP contribution in [-0.4, -0.2) is 11.1 Å². The van der Waals surface area contributed by atoms with Crippen LogP contribution < -0.4 is 0 Å². The van der Waals surface area contributed by atoms with E-state index < -0.39 is 5.97 Å². The number of rotatable bonds is 2. The first kappa shape index (κ1) is 11.0. The molecule has 0 spiro atoms. The summed E-state index contributed by atoms with van der Waals surface area (Å²) in [5.41, 5.74) is 2.94. The van der Waals surface area contributed by atoms with Crippen molar-refractivity contribution in [1.82, 2.24) is 0 Å². The number of hydrogen-bond donors (Lipinski definition) is 1. The van der Waals surface area contributed by atoms with E-state index in [9.17, 15) is 9.90 Å². The summed E-state index contributed by atoms with van der Waals surface area (Å²) in [4.78, 5) is 12.5. The lowest BCUT2D eigenvalue weighted by Gasteiger charge is -1.98. The van der Waals surface area contributed by atoms with Crippen molar-refractivity contribution in [3.63, 3.8) is 0 Å². The maximum atomic E-state index is 11.5. The van der Waals surface area contributed by atoms with Gasteiger partial charge in [-0.25, -0.2) is 4.79 Å². The van der Waals surface area contributed by atoms with Gasteiger partial charge in [0.1, 0.15) is 0 Å². The molecule has 18 heavy (non-hydrogen) atoms. The van der Waals surface area contributed by atoms with Gasteiger partial charge in [0.05, 0.1) is 5.56 Å². The number of hydrogen-bond acceptors (Lipinski definition) is 2. The van der Waals surface area contributed by atoms with Gasteiger partial charge in [-0.3, -0.25) is 0 Å². The minimum atomic E-state index is -0.875. The Morgan fingerprint density at radius 1 is 1.00 bits per heavy atom. The monoisotopic (exact) mass is 254 g/mol. The fraction of sp³-hybridized carbons (Fsp3) is 0. The largest absolute Gasteiger partial charge is 0.478 e. The minimum Gasteiger partial charge on any atom is -0.478 e. The van der Waals surface area contributed by atoms with Crippen LogP contribution in [-0.2, 0) is 0 Å². The molecule has 1 aromatic rings. The molecule has 0 saturated heterocycles. The van der Waals surface area contributed by atoms with Gasteiger partial charge in [-0.15, -0.1) is 11.3 Å². The Morgan fingerprint density at radius 3 is 2.56 bits per heavy atom. The second kappa shape index (κ2) is 4.27. The Kier molecular flexibility index (Phi) is 2.61. The summed E-state index contributed by atoms with van der Waals surface area (Å²) >= 11 is 1.56. The molecule has 2 aliphatic carbocycles. The SMILES string of the molecule is O=C(O)c1c2cccccc-2cc1-c1cccs1. The van der Waals surface area contributed by atoms with Crippen LogP contribution in [0.2, 0.25) is 0 Å². The number of fused-ring (bicyclic) bond motifs is 1. The Hall–Kier alpha value is -2.13. The molecule has 0 bridgehead atoms. The van der Waals surface area contributed by atoms with Crippen LogP contribution in [0, 0.1) is 0 Å². The highest BCUT2D eigenvalue weighted by molar-refractivity contribution is 7.13. The third-order valence-corrected chi connectivity index (χ3v) is 3.81. The summed E-state index contributed by atoms with van der Waals surface area (Å²) in [6.45, 7) is 0. The second-order valence-electron chi connectivity index (χ2n) is 4.00. The molecule has 3 heteroatoms. The number of carbonyl (C=O) groups is 1. The van der Waals surface area contributed by atoms with Crippen LogP contribution in [0.4, 0.5) is 0 Å². The van der Waals surface area contributed by atoms with E-state index >= 15 is 0 Å². The van der Waals surface area contributed by atoms with E-state index in [-0.39, 0.29) is 0 Å². The normalized spacial score (nSPS) is 10.7. The summed E-state index contributed by atoms with van der Waals surface area (Å²) in [7, 11) is 0. The van der Waals surface area contributed by atoms with Gasteiger partial charge < -0.3 is 5.11 Å². The lowest BCUT2D eigenvalue weighted by molar-refractivity contribution is 0.0699. The maximum absolute atomic E-state index is 11.5. The first-order valence-corrected chi connectivity index (χ1v) is 6.44. The fourth-order valence-electron chi connectivity index (χ4n) is 2.14. The van der Waals surface area contributed by atoms with Gasteiger partial charge in [0.15, 0.2) is 0 Å². The molecule has 0 aliphatic heterocycles. The standard InChI is InChI=1S/C15H10O2S/c16-15(17)14-11-6-3-1-2-5-10(11)9-12(14)13-7-4-8-18-13/h1-9H,(H,16,17). The smallest absolute Gasteiger partial charge is 0.336 e. The van der Waals surface area contributed by atoms with Crippen molar-refractivity contribution < 1.29 is 9.90 Å². The molecule has 0 fully saturated rings. The van der Waals surface area contributed by atoms with Crippen molar-refractivity contribution in [2.24, 2.45) is 0 Å². The molecule has 1 heterocycles. The Morgan fingerprint density at radius 2 is 1.83 bits per heavy atom. The van der Waals surface area contributed by atoms with Crippen LogP contribution in [0.1, 0.15) is 10.4 Å². The molecule has 2 nitrogen and oxygen atoms in total. The topological polar surface area (TPSA) is 37.3 Å². The van der Waals surface area contributed by atoms with Crippen LogP contribution in [0.3, 0.4) is 0 Å². The summed E-state index contributed by atoms with van der Waals surface area (Å²) < 4.78 is 0. The predicted molar refractivity (Wildman–Crippen MR) is 73.3 cm³/mol. The molecule has 0 unspecified atom stereocenters. The van der Waals surface area contributed by atoms with Crippen molar-refractivity contribution in [3.8, 4) is 21.6 Å². The number of carboxylic acid groups (broad SMARTS) is 1. The predicted octanol–water partition coefficient (Wildman–Crippen LogP) is 4.22. The molecular formula is C15H10O2S. The van der Waals surface area contributed by atoms with Gasteiger partial charge in [0.25, 0.3) is 0 Å².